The van der Waals surface area contributed by atoms with E-state index in [1.807, 2.05) is 34.6 Å². The van der Waals surface area contributed by atoms with E-state index in [-0.39, 0.29) is 11.9 Å². The summed E-state index contributed by atoms with van der Waals surface area (Å²) in [4.78, 5) is 40.7. The molecule has 1 aromatic carbocycles. The Labute approximate surface area is 192 Å². The largest absolute Gasteiger partial charge is 0.444 e. The number of terminal acetylenes is 1. The van der Waals surface area contributed by atoms with Gasteiger partial charge in [0.1, 0.15) is 17.7 Å². The van der Waals surface area contributed by atoms with Crippen molar-refractivity contribution in [3.63, 3.8) is 0 Å². The van der Waals surface area contributed by atoms with Gasteiger partial charge >= 0.3 is 6.09 Å². The van der Waals surface area contributed by atoms with Gasteiger partial charge in [-0.2, -0.15) is 0 Å². The molecule has 2 N–H and O–H groups in total. The molecule has 32 heavy (non-hydrogen) atoms. The fourth-order valence-corrected chi connectivity index (χ4v) is 3.23. The smallest absolute Gasteiger partial charge is 0.408 e. The monoisotopic (exact) mass is 443 g/mol. The van der Waals surface area contributed by atoms with Crippen molar-refractivity contribution in [1.82, 2.24) is 15.5 Å². The molecule has 0 aromatic heterocycles. The minimum absolute atomic E-state index is 0.141. The normalized spacial score (nSPS) is 13.5. The van der Waals surface area contributed by atoms with Crippen LogP contribution in [-0.2, 0) is 14.3 Å². The molecule has 0 saturated heterocycles. The number of carbonyl (C=O) groups is 3. The molecule has 1 aromatic rings. The van der Waals surface area contributed by atoms with E-state index >= 15 is 0 Å². The van der Waals surface area contributed by atoms with E-state index in [9.17, 15) is 14.4 Å². The van der Waals surface area contributed by atoms with Crippen molar-refractivity contribution in [2.75, 3.05) is 0 Å². The Morgan fingerprint density at radius 3 is 2.03 bits per heavy atom. The summed E-state index contributed by atoms with van der Waals surface area (Å²) in [5.41, 5.74) is -0.406. The standard InChI is InChI=1S/C25H37N3O4/c1-11-18-14-12-13-15-19(18)20(21(29)26-16(2)3)28(24(5,6)7)22(30)17(4)27-23(31)32-25(8,9)10/h1,12-17,20H,2-10H3,(H,26,29)(H,27,31). The SMILES string of the molecule is C#Cc1ccccc1C(C(=O)NC(C)C)N(C(=O)C(C)NC(=O)OC(C)(C)C)C(C)(C)C. The molecule has 0 aliphatic carbocycles. The highest BCUT2D eigenvalue weighted by molar-refractivity contribution is 5.93. The number of hydrogen-bond donors (Lipinski definition) is 2. The maximum absolute atomic E-state index is 13.6. The first-order valence-corrected chi connectivity index (χ1v) is 10.8. The van der Waals surface area contributed by atoms with Crippen molar-refractivity contribution in [2.45, 2.75) is 91.6 Å². The first kappa shape index (κ1) is 27.0. The quantitative estimate of drug-likeness (QED) is 0.655. The first-order chi connectivity index (χ1) is 14.6. The van der Waals surface area contributed by atoms with Gasteiger partial charge in [0, 0.05) is 17.1 Å². The maximum Gasteiger partial charge on any atom is 0.408 e. The Morgan fingerprint density at radius 1 is 1.00 bits per heavy atom. The third-order valence-corrected chi connectivity index (χ3v) is 4.41. The molecular weight excluding hydrogens is 406 g/mol. The topological polar surface area (TPSA) is 87.7 Å². The molecule has 0 fully saturated rings. The summed E-state index contributed by atoms with van der Waals surface area (Å²) in [6, 6.07) is 4.98. The van der Waals surface area contributed by atoms with E-state index in [1.54, 1.807) is 52.0 Å². The molecule has 0 heterocycles. The fraction of sp³-hybridized carbons (Fsp3) is 0.560. The van der Waals surface area contributed by atoms with Crippen LogP contribution in [0.4, 0.5) is 4.79 Å². The van der Waals surface area contributed by atoms with E-state index in [4.69, 9.17) is 11.2 Å². The van der Waals surface area contributed by atoms with Crippen LogP contribution in [0.15, 0.2) is 24.3 Å². The average Bonchev–Trinajstić information content (AvgIpc) is 2.62. The number of hydrogen-bond acceptors (Lipinski definition) is 4. The van der Waals surface area contributed by atoms with Crippen LogP contribution in [0.1, 0.15) is 79.5 Å². The molecule has 7 heteroatoms. The van der Waals surface area contributed by atoms with Crippen LogP contribution in [0.2, 0.25) is 0 Å². The molecule has 0 spiro atoms. The maximum atomic E-state index is 13.6. The zero-order valence-electron chi connectivity index (χ0n) is 20.7. The number of nitrogens with zero attached hydrogens (tertiary/aromatic N) is 1. The van der Waals surface area contributed by atoms with Crippen molar-refractivity contribution in [2.24, 2.45) is 0 Å². The van der Waals surface area contributed by atoms with Gasteiger partial charge in [0.2, 0.25) is 11.8 Å². The Balaban J connectivity index is 3.48. The molecule has 2 unspecified atom stereocenters. The molecule has 0 radical (unpaired) electrons. The van der Waals surface area contributed by atoms with Crippen LogP contribution >= 0.6 is 0 Å². The third kappa shape index (κ3) is 7.60. The highest BCUT2D eigenvalue weighted by Crippen LogP contribution is 2.31. The molecular formula is C25H37N3O4. The van der Waals surface area contributed by atoms with Gasteiger partial charge in [0.25, 0.3) is 0 Å². The predicted octanol–water partition coefficient (Wildman–Crippen LogP) is 3.77. The van der Waals surface area contributed by atoms with Crippen molar-refractivity contribution in [1.29, 1.82) is 0 Å². The Kier molecular flexibility index (Phi) is 8.90. The zero-order chi connectivity index (χ0) is 24.9. The highest BCUT2D eigenvalue weighted by atomic mass is 16.6. The van der Waals surface area contributed by atoms with Gasteiger partial charge in [-0.25, -0.2) is 4.79 Å². The predicted molar refractivity (Wildman–Crippen MR) is 126 cm³/mol. The summed E-state index contributed by atoms with van der Waals surface area (Å²) in [5, 5.41) is 5.48. The molecule has 176 valence electrons. The van der Waals surface area contributed by atoms with Gasteiger partial charge in [-0.1, -0.05) is 24.1 Å². The lowest BCUT2D eigenvalue weighted by Crippen LogP contribution is -2.58. The van der Waals surface area contributed by atoms with Gasteiger partial charge in [-0.3, -0.25) is 9.59 Å². The molecule has 2 atom stereocenters. The van der Waals surface area contributed by atoms with Crippen molar-refractivity contribution in [3.05, 3.63) is 35.4 Å². The van der Waals surface area contributed by atoms with Gasteiger partial charge in [-0.05, 0) is 73.9 Å². The first-order valence-electron chi connectivity index (χ1n) is 10.8. The van der Waals surface area contributed by atoms with Crippen molar-refractivity contribution >= 4 is 17.9 Å². The van der Waals surface area contributed by atoms with Crippen LogP contribution in [0, 0.1) is 12.3 Å². The highest BCUT2D eigenvalue weighted by Gasteiger charge is 2.41. The van der Waals surface area contributed by atoms with Gasteiger partial charge in [0.05, 0.1) is 0 Å². The molecule has 1 rings (SSSR count). The number of alkyl carbamates (subject to hydrolysis) is 1. The van der Waals surface area contributed by atoms with Crippen LogP contribution < -0.4 is 10.6 Å². The van der Waals surface area contributed by atoms with Crippen LogP contribution in [0.5, 0.6) is 0 Å². The molecule has 0 aliphatic heterocycles. The number of nitrogens with one attached hydrogen (secondary N) is 2. The Bertz CT molecular complexity index is 872. The zero-order valence-corrected chi connectivity index (χ0v) is 20.7. The van der Waals surface area contributed by atoms with Crippen LogP contribution in [-0.4, -0.2) is 46.0 Å². The second-order valence-corrected chi connectivity index (χ2v) is 10.0. The summed E-state index contributed by atoms with van der Waals surface area (Å²) in [7, 11) is 0. The summed E-state index contributed by atoms with van der Waals surface area (Å²) in [6.45, 7) is 16.0. The number of rotatable bonds is 6. The number of amides is 3. The summed E-state index contributed by atoms with van der Waals surface area (Å²) in [5.74, 6) is 1.83. The number of ether oxygens (including phenoxy) is 1. The number of benzene rings is 1. The fourth-order valence-electron chi connectivity index (χ4n) is 3.23. The average molecular weight is 444 g/mol. The van der Waals surface area contributed by atoms with E-state index < -0.39 is 35.2 Å². The van der Waals surface area contributed by atoms with Gasteiger partial charge in [-0.15, -0.1) is 6.42 Å². The van der Waals surface area contributed by atoms with Crippen LogP contribution in [0.25, 0.3) is 0 Å². The second kappa shape index (κ2) is 10.5. The van der Waals surface area contributed by atoms with E-state index in [0.29, 0.717) is 11.1 Å². The lowest BCUT2D eigenvalue weighted by Gasteiger charge is -2.43. The lowest BCUT2D eigenvalue weighted by atomic mass is 9.92. The summed E-state index contributed by atoms with van der Waals surface area (Å²) < 4.78 is 5.28. The lowest BCUT2D eigenvalue weighted by molar-refractivity contribution is -0.148. The van der Waals surface area contributed by atoms with E-state index in [2.05, 4.69) is 16.6 Å². The minimum atomic E-state index is -0.986. The molecule has 0 bridgehead atoms. The van der Waals surface area contributed by atoms with Gasteiger partial charge in [0.15, 0.2) is 0 Å². The molecule has 3 amide bonds. The van der Waals surface area contributed by atoms with Crippen molar-refractivity contribution < 1.29 is 19.1 Å². The van der Waals surface area contributed by atoms with Crippen LogP contribution in [0.3, 0.4) is 0 Å². The number of carbonyl (C=O) groups excluding carboxylic acids is 3. The Hall–Kier alpha value is -3.01. The Morgan fingerprint density at radius 2 is 1.56 bits per heavy atom. The van der Waals surface area contributed by atoms with Crippen molar-refractivity contribution in [3.8, 4) is 12.3 Å². The molecule has 0 saturated carbocycles. The minimum Gasteiger partial charge on any atom is -0.444 e. The summed E-state index contributed by atoms with van der Waals surface area (Å²) >= 11 is 0. The second-order valence-electron chi connectivity index (χ2n) is 10.0. The third-order valence-electron chi connectivity index (χ3n) is 4.41. The van der Waals surface area contributed by atoms with E-state index in [1.165, 1.54) is 4.90 Å². The van der Waals surface area contributed by atoms with Gasteiger partial charge < -0.3 is 20.3 Å². The molecule has 0 aliphatic rings. The molecule has 7 nitrogen and oxygen atoms in total. The summed E-state index contributed by atoms with van der Waals surface area (Å²) in [6.07, 6.45) is 4.99. The van der Waals surface area contributed by atoms with E-state index in [0.717, 1.165) is 0 Å².